The third-order valence-electron chi connectivity index (χ3n) is 3.76. The van der Waals surface area contributed by atoms with Gasteiger partial charge >= 0.3 is 12.3 Å². The highest BCUT2D eigenvalue weighted by atomic mass is 19.4. The van der Waals surface area contributed by atoms with Gasteiger partial charge in [0, 0.05) is 17.5 Å². The number of alkyl halides is 3. The Morgan fingerprint density at radius 1 is 1.12 bits per heavy atom. The topological polar surface area (TPSA) is 53.4 Å². The summed E-state index contributed by atoms with van der Waals surface area (Å²) in [5.41, 5.74) is 0.824. The number of pyridine rings is 1. The van der Waals surface area contributed by atoms with Crippen LogP contribution in [0.5, 0.6) is 0 Å². The highest BCUT2D eigenvalue weighted by Gasteiger charge is 2.48. The second-order valence-corrected chi connectivity index (χ2v) is 5.45. The molecule has 1 heterocycles. The first kappa shape index (κ1) is 17.8. The molecule has 2 aromatic rings. The molecule has 128 valence electrons. The van der Waals surface area contributed by atoms with E-state index in [-0.39, 0.29) is 5.56 Å². The lowest BCUT2D eigenvalue weighted by atomic mass is 10.0. The van der Waals surface area contributed by atoms with E-state index in [2.05, 4.69) is 4.98 Å². The van der Waals surface area contributed by atoms with E-state index in [0.717, 1.165) is 6.20 Å². The standard InChI is InChI=1S/C17H17F3N2O2/c1-11-8-9-14(10-21-11)15(17(18,19)20)22(16(23)24)12(2)13-6-4-3-5-7-13/h3-10,12,15H,1-2H3,(H,23,24)/t12-,15-/m1/s1. The second-order valence-electron chi connectivity index (χ2n) is 5.45. The number of halogens is 3. The normalized spacial score (nSPS) is 14.0. The monoisotopic (exact) mass is 338 g/mol. The van der Waals surface area contributed by atoms with Crippen molar-refractivity contribution in [2.45, 2.75) is 32.1 Å². The Labute approximate surface area is 137 Å². The molecule has 0 spiro atoms. The molecule has 0 aliphatic heterocycles. The third-order valence-corrected chi connectivity index (χ3v) is 3.76. The summed E-state index contributed by atoms with van der Waals surface area (Å²) >= 11 is 0. The minimum atomic E-state index is -4.77. The summed E-state index contributed by atoms with van der Waals surface area (Å²) in [6, 6.07) is 7.64. The van der Waals surface area contributed by atoms with Crippen LogP contribution in [0.25, 0.3) is 0 Å². The van der Waals surface area contributed by atoms with E-state index in [0.29, 0.717) is 16.2 Å². The molecular weight excluding hydrogens is 321 g/mol. The highest BCUT2D eigenvalue weighted by Crippen LogP contribution is 2.41. The van der Waals surface area contributed by atoms with Crippen LogP contribution in [0.2, 0.25) is 0 Å². The maximum absolute atomic E-state index is 13.7. The fourth-order valence-electron chi connectivity index (χ4n) is 2.54. The average molecular weight is 338 g/mol. The van der Waals surface area contributed by atoms with Gasteiger partial charge in [0.2, 0.25) is 0 Å². The first-order valence-corrected chi connectivity index (χ1v) is 7.27. The van der Waals surface area contributed by atoms with Gasteiger partial charge in [0.05, 0.1) is 6.04 Å². The molecule has 0 aliphatic carbocycles. The molecule has 1 aromatic carbocycles. The van der Waals surface area contributed by atoms with Crippen molar-refractivity contribution in [1.82, 2.24) is 9.88 Å². The number of benzene rings is 1. The van der Waals surface area contributed by atoms with Gasteiger partial charge in [0.15, 0.2) is 6.04 Å². The molecule has 0 aliphatic rings. The Hall–Kier alpha value is -2.57. The van der Waals surface area contributed by atoms with E-state index >= 15 is 0 Å². The predicted molar refractivity (Wildman–Crippen MR) is 82.5 cm³/mol. The molecule has 2 rings (SSSR count). The quantitative estimate of drug-likeness (QED) is 0.876. The Morgan fingerprint density at radius 3 is 2.21 bits per heavy atom. The molecule has 4 nitrogen and oxygen atoms in total. The third kappa shape index (κ3) is 3.84. The molecule has 1 N–H and O–H groups in total. The number of aryl methyl sites for hydroxylation is 1. The van der Waals surface area contributed by atoms with Crippen molar-refractivity contribution >= 4 is 6.09 Å². The summed E-state index contributed by atoms with van der Waals surface area (Å²) in [5.74, 6) is 0. The Morgan fingerprint density at radius 2 is 1.75 bits per heavy atom. The van der Waals surface area contributed by atoms with E-state index in [1.54, 1.807) is 37.3 Å². The maximum Gasteiger partial charge on any atom is 0.413 e. The number of aromatic nitrogens is 1. The van der Waals surface area contributed by atoms with Gasteiger partial charge in [-0.3, -0.25) is 9.88 Å². The van der Waals surface area contributed by atoms with Crippen LogP contribution in [0.15, 0.2) is 48.7 Å². The van der Waals surface area contributed by atoms with Crippen LogP contribution in [0.4, 0.5) is 18.0 Å². The first-order valence-electron chi connectivity index (χ1n) is 7.27. The lowest BCUT2D eigenvalue weighted by Gasteiger charge is -2.35. The molecule has 0 saturated carbocycles. The van der Waals surface area contributed by atoms with Gasteiger partial charge in [-0.25, -0.2) is 4.79 Å². The molecule has 0 bridgehead atoms. The van der Waals surface area contributed by atoms with E-state index in [9.17, 15) is 23.1 Å². The molecule has 0 unspecified atom stereocenters. The first-order chi connectivity index (χ1) is 11.2. The fraction of sp³-hybridized carbons (Fsp3) is 0.294. The number of nitrogens with zero attached hydrogens (tertiary/aromatic N) is 2. The van der Waals surface area contributed by atoms with Crippen molar-refractivity contribution in [3.63, 3.8) is 0 Å². The lowest BCUT2D eigenvalue weighted by Crippen LogP contribution is -2.43. The molecule has 0 saturated heterocycles. The van der Waals surface area contributed by atoms with Gasteiger partial charge in [0.1, 0.15) is 0 Å². The molecule has 0 fully saturated rings. The van der Waals surface area contributed by atoms with Crippen molar-refractivity contribution < 1.29 is 23.1 Å². The lowest BCUT2D eigenvalue weighted by molar-refractivity contribution is -0.185. The highest BCUT2D eigenvalue weighted by molar-refractivity contribution is 5.67. The van der Waals surface area contributed by atoms with Gasteiger partial charge in [-0.1, -0.05) is 36.4 Å². The number of amides is 1. The van der Waals surface area contributed by atoms with E-state index in [1.807, 2.05) is 0 Å². The molecular formula is C17H17F3N2O2. The zero-order valence-corrected chi connectivity index (χ0v) is 13.2. The number of hydrogen-bond donors (Lipinski definition) is 1. The van der Waals surface area contributed by atoms with Crippen LogP contribution in [0, 0.1) is 6.92 Å². The summed E-state index contributed by atoms with van der Waals surface area (Å²) in [6.45, 7) is 3.08. The summed E-state index contributed by atoms with van der Waals surface area (Å²) in [7, 11) is 0. The SMILES string of the molecule is Cc1ccc([C@@H](N(C(=O)O)[C@H](C)c2ccccc2)C(F)(F)F)cn1. The number of carboxylic acid groups (broad SMARTS) is 1. The van der Waals surface area contributed by atoms with Gasteiger partial charge in [0.25, 0.3) is 0 Å². The summed E-state index contributed by atoms with van der Waals surface area (Å²) in [6.07, 6.45) is -5.34. The van der Waals surface area contributed by atoms with E-state index in [1.165, 1.54) is 19.1 Å². The summed E-state index contributed by atoms with van der Waals surface area (Å²) < 4.78 is 41.0. The fourth-order valence-corrected chi connectivity index (χ4v) is 2.54. The van der Waals surface area contributed by atoms with Crippen molar-refractivity contribution in [2.24, 2.45) is 0 Å². The van der Waals surface area contributed by atoms with E-state index in [4.69, 9.17) is 0 Å². The largest absolute Gasteiger partial charge is 0.465 e. The zero-order chi connectivity index (χ0) is 17.9. The minimum absolute atomic E-state index is 0.210. The van der Waals surface area contributed by atoms with Crippen LogP contribution in [0.1, 0.15) is 35.8 Å². The van der Waals surface area contributed by atoms with Gasteiger partial charge in [-0.15, -0.1) is 0 Å². The molecule has 7 heteroatoms. The number of carbonyl (C=O) groups is 1. The van der Waals surface area contributed by atoms with Crippen LogP contribution in [-0.4, -0.2) is 27.3 Å². The summed E-state index contributed by atoms with van der Waals surface area (Å²) in [4.78, 5) is 15.9. The van der Waals surface area contributed by atoms with Gasteiger partial charge in [-0.05, 0) is 25.5 Å². The molecule has 1 amide bonds. The van der Waals surface area contributed by atoms with Crippen molar-refractivity contribution in [2.75, 3.05) is 0 Å². The van der Waals surface area contributed by atoms with Crippen LogP contribution in [-0.2, 0) is 0 Å². The smallest absolute Gasteiger partial charge is 0.413 e. The Kier molecular flexibility index (Phi) is 5.11. The molecule has 1 aromatic heterocycles. The van der Waals surface area contributed by atoms with Crippen LogP contribution >= 0.6 is 0 Å². The van der Waals surface area contributed by atoms with Crippen LogP contribution < -0.4 is 0 Å². The van der Waals surface area contributed by atoms with Crippen molar-refractivity contribution in [3.05, 3.63) is 65.5 Å². The van der Waals surface area contributed by atoms with E-state index < -0.39 is 24.4 Å². The predicted octanol–water partition coefficient (Wildman–Crippen LogP) is 4.73. The Bertz CT molecular complexity index is 687. The van der Waals surface area contributed by atoms with Crippen molar-refractivity contribution in [3.8, 4) is 0 Å². The number of rotatable bonds is 4. The Balaban J connectivity index is 2.51. The number of hydrogen-bond acceptors (Lipinski definition) is 2. The van der Waals surface area contributed by atoms with Crippen LogP contribution in [0.3, 0.4) is 0 Å². The van der Waals surface area contributed by atoms with Gasteiger partial charge in [-0.2, -0.15) is 13.2 Å². The zero-order valence-electron chi connectivity index (χ0n) is 13.2. The van der Waals surface area contributed by atoms with Crippen molar-refractivity contribution in [1.29, 1.82) is 0 Å². The average Bonchev–Trinajstić information content (AvgIpc) is 2.52. The van der Waals surface area contributed by atoms with Gasteiger partial charge < -0.3 is 5.11 Å². The molecule has 0 radical (unpaired) electrons. The maximum atomic E-state index is 13.7. The summed E-state index contributed by atoms with van der Waals surface area (Å²) in [5, 5.41) is 9.46. The second kappa shape index (κ2) is 6.90. The minimum Gasteiger partial charge on any atom is -0.465 e. The molecule has 24 heavy (non-hydrogen) atoms. The molecule has 2 atom stereocenters.